The normalized spacial score (nSPS) is 13.2. The van der Waals surface area contributed by atoms with Gasteiger partial charge in [0.2, 0.25) is 0 Å². The van der Waals surface area contributed by atoms with Crippen molar-refractivity contribution in [3.63, 3.8) is 0 Å². The van der Waals surface area contributed by atoms with Crippen LogP contribution in [0.4, 0.5) is 5.69 Å². The molecule has 3 amide bonds. The lowest BCUT2D eigenvalue weighted by Crippen LogP contribution is -2.43. The van der Waals surface area contributed by atoms with Gasteiger partial charge >= 0.3 is 5.97 Å². The lowest BCUT2D eigenvalue weighted by atomic mass is 10.0. The first-order chi connectivity index (χ1) is 16.8. The second kappa shape index (κ2) is 10.1. The van der Waals surface area contributed by atoms with Gasteiger partial charge in [-0.05, 0) is 49.2 Å². The number of fused-ring (bicyclic) bond motifs is 1. The highest BCUT2D eigenvalue weighted by molar-refractivity contribution is 6.34. The summed E-state index contributed by atoms with van der Waals surface area (Å²) in [6, 6.07) is 20.8. The zero-order valence-electron chi connectivity index (χ0n) is 18.9. The zero-order chi connectivity index (χ0) is 24.9. The summed E-state index contributed by atoms with van der Waals surface area (Å²) in [5.74, 6) is -2.61. The summed E-state index contributed by atoms with van der Waals surface area (Å²) in [4.78, 5) is 63.2. The molecule has 1 atom stereocenters. The first kappa shape index (κ1) is 23.6. The standard InChI is InChI=1S/C27H22N2O6/c1-17(30)23(14-18-8-3-2-4-9-18)28-24(31)16-35-27(34)19-10-7-11-20(15-19)29-25(32)21-12-5-6-13-22(21)26(29)33/h2-13,15,23H,14,16H2,1H3,(H,28,31). The number of carbonyl (C=O) groups is 5. The van der Waals surface area contributed by atoms with E-state index in [1.165, 1.54) is 31.2 Å². The monoisotopic (exact) mass is 470 g/mol. The van der Waals surface area contributed by atoms with Gasteiger partial charge < -0.3 is 10.1 Å². The molecule has 8 nitrogen and oxygen atoms in total. The smallest absolute Gasteiger partial charge is 0.338 e. The Labute approximate surface area is 201 Å². The van der Waals surface area contributed by atoms with E-state index in [1.54, 1.807) is 24.3 Å². The molecule has 4 rings (SSSR count). The number of esters is 1. The van der Waals surface area contributed by atoms with Crippen LogP contribution in [0.5, 0.6) is 0 Å². The van der Waals surface area contributed by atoms with E-state index in [0.29, 0.717) is 6.42 Å². The topological polar surface area (TPSA) is 110 Å². The first-order valence-electron chi connectivity index (χ1n) is 10.9. The Morgan fingerprint density at radius 3 is 2.11 bits per heavy atom. The number of amides is 3. The summed E-state index contributed by atoms with van der Waals surface area (Å²) in [5.41, 5.74) is 1.75. The summed E-state index contributed by atoms with van der Waals surface area (Å²) in [7, 11) is 0. The number of hydrogen-bond donors (Lipinski definition) is 1. The SMILES string of the molecule is CC(=O)C(Cc1ccccc1)NC(=O)COC(=O)c1cccc(N2C(=O)c3ccccc3C2=O)c1. The van der Waals surface area contributed by atoms with E-state index in [1.807, 2.05) is 30.3 Å². The van der Waals surface area contributed by atoms with E-state index in [4.69, 9.17) is 4.74 Å². The van der Waals surface area contributed by atoms with Gasteiger partial charge in [-0.2, -0.15) is 0 Å². The highest BCUT2D eigenvalue weighted by Crippen LogP contribution is 2.28. The van der Waals surface area contributed by atoms with Crippen molar-refractivity contribution in [2.24, 2.45) is 0 Å². The van der Waals surface area contributed by atoms with Crippen LogP contribution in [0.15, 0.2) is 78.9 Å². The predicted octanol–water partition coefficient (Wildman–Crippen LogP) is 2.96. The predicted molar refractivity (Wildman–Crippen MR) is 127 cm³/mol. The molecule has 35 heavy (non-hydrogen) atoms. The number of anilines is 1. The number of rotatable bonds is 8. The Morgan fingerprint density at radius 1 is 0.857 bits per heavy atom. The van der Waals surface area contributed by atoms with Crippen LogP contribution in [0.1, 0.15) is 43.6 Å². The molecule has 3 aromatic carbocycles. The summed E-state index contributed by atoms with van der Waals surface area (Å²) in [6.07, 6.45) is 0.318. The minimum atomic E-state index is -0.805. The summed E-state index contributed by atoms with van der Waals surface area (Å²) < 4.78 is 5.10. The van der Waals surface area contributed by atoms with Gasteiger partial charge in [0.25, 0.3) is 17.7 Å². The maximum atomic E-state index is 12.7. The number of ketones is 1. The maximum absolute atomic E-state index is 12.7. The van der Waals surface area contributed by atoms with Gasteiger partial charge in [0, 0.05) is 0 Å². The third kappa shape index (κ3) is 5.16. The lowest BCUT2D eigenvalue weighted by Gasteiger charge is -2.16. The fourth-order valence-electron chi connectivity index (χ4n) is 3.79. The van der Waals surface area contributed by atoms with E-state index >= 15 is 0 Å². The molecule has 0 radical (unpaired) electrons. The van der Waals surface area contributed by atoms with Gasteiger partial charge in [-0.3, -0.25) is 19.2 Å². The number of nitrogens with zero attached hydrogens (tertiary/aromatic N) is 1. The molecule has 0 saturated carbocycles. The number of imide groups is 1. The van der Waals surface area contributed by atoms with Crippen LogP contribution < -0.4 is 10.2 Å². The molecule has 0 fully saturated rings. The first-order valence-corrected chi connectivity index (χ1v) is 10.9. The number of hydrogen-bond acceptors (Lipinski definition) is 6. The van der Waals surface area contributed by atoms with Crippen molar-refractivity contribution in [1.29, 1.82) is 0 Å². The van der Waals surface area contributed by atoms with Gasteiger partial charge in [0.15, 0.2) is 12.4 Å². The van der Waals surface area contributed by atoms with Crippen molar-refractivity contribution in [2.45, 2.75) is 19.4 Å². The second-order valence-electron chi connectivity index (χ2n) is 8.04. The van der Waals surface area contributed by atoms with Crippen molar-refractivity contribution in [1.82, 2.24) is 5.32 Å². The molecule has 8 heteroatoms. The Balaban J connectivity index is 1.39. The Hall–Kier alpha value is -4.59. The van der Waals surface area contributed by atoms with E-state index in [9.17, 15) is 24.0 Å². The van der Waals surface area contributed by atoms with Crippen LogP contribution in [0.2, 0.25) is 0 Å². The van der Waals surface area contributed by atoms with Crippen LogP contribution in [0, 0.1) is 0 Å². The van der Waals surface area contributed by atoms with Crippen LogP contribution >= 0.6 is 0 Å². The highest BCUT2D eigenvalue weighted by Gasteiger charge is 2.36. The van der Waals surface area contributed by atoms with Gasteiger partial charge in [0.05, 0.1) is 28.4 Å². The number of ether oxygens (including phenoxy) is 1. The van der Waals surface area contributed by atoms with Gasteiger partial charge in [-0.25, -0.2) is 9.69 Å². The fourth-order valence-corrected chi connectivity index (χ4v) is 3.79. The molecule has 0 aromatic heterocycles. The number of nitrogens with one attached hydrogen (secondary N) is 1. The molecule has 1 heterocycles. The molecule has 0 bridgehead atoms. The van der Waals surface area contributed by atoms with Crippen LogP contribution in [-0.2, 0) is 20.7 Å². The van der Waals surface area contributed by atoms with Gasteiger partial charge in [0.1, 0.15) is 0 Å². The molecular weight excluding hydrogens is 448 g/mol. The van der Waals surface area contributed by atoms with E-state index in [2.05, 4.69) is 5.32 Å². The van der Waals surface area contributed by atoms with Gasteiger partial charge in [-0.15, -0.1) is 0 Å². The van der Waals surface area contributed by atoms with Crippen LogP contribution in [0.3, 0.4) is 0 Å². The Morgan fingerprint density at radius 2 is 1.49 bits per heavy atom. The zero-order valence-corrected chi connectivity index (χ0v) is 18.9. The van der Waals surface area contributed by atoms with Crippen LogP contribution in [-0.4, -0.2) is 42.1 Å². The number of carbonyl (C=O) groups excluding carboxylic acids is 5. The van der Waals surface area contributed by atoms with Gasteiger partial charge in [-0.1, -0.05) is 48.5 Å². The molecule has 0 spiro atoms. The summed E-state index contributed by atoms with van der Waals surface area (Å²) >= 11 is 0. The second-order valence-corrected chi connectivity index (χ2v) is 8.04. The lowest BCUT2D eigenvalue weighted by molar-refractivity contribution is -0.128. The third-order valence-corrected chi connectivity index (χ3v) is 5.58. The van der Waals surface area contributed by atoms with E-state index < -0.39 is 36.3 Å². The fraction of sp³-hybridized carbons (Fsp3) is 0.148. The molecule has 1 N–H and O–H groups in total. The molecule has 176 valence electrons. The largest absolute Gasteiger partial charge is 0.452 e. The summed E-state index contributed by atoms with van der Waals surface area (Å²) in [6.45, 7) is 0.791. The van der Waals surface area contributed by atoms with Crippen molar-refractivity contribution in [3.8, 4) is 0 Å². The van der Waals surface area contributed by atoms with E-state index in [-0.39, 0.29) is 28.2 Å². The van der Waals surface area contributed by atoms with Crippen LogP contribution in [0.25, 0.3) is 0 Å². The Kier molecular flexibility index (Phi) is 6.82. The molecule has 1 aliphatic heterocycles. The van der Waals surface area contributed by atoms with E-state index in [0.717, 1.165) is 10.5 Å². The molecule has 0 aliphatic carbocycles. The molecular formula is C27H22N2O6. The third-order valence-electron chi connectivity index (χ3n) is 5.58. The number of Topliss-reactive ketones (excluding diaryl/α,β-unsaturated/α-hetero) is 1. The van der Waals surface area contributed by atoms with Crippen molar-refractivity contribution in [3.05, 3.63) is 101 Å². The average molecular weight is 470 g/mol. The molecule has 0 saturated heterocycles. The average Bonchev–Trinajstić information content (AvgIpc) is 3.12. The maximum Gasteiger partial charge on any atom is 0.338 e. The quantitative estimate of drug-likeness (QED) is 0.400. The highest BCUT2D eigenvalue weighted by atomic mass is 16.5. The minimum Gasteiger partial charge on any atom is -0.452 e. The summed E-state index contributed by atoms with van der Waals surface area (Å²) in [5, 5.41) is 2.59. The van der Waals surface area contributed by atoms with Crippen molar-refractivity contribution < 1.29 is 28.7 Å². The number of benzene rings is 3. The minimum absolute atomic E-state index is 0.0688. The Bertz CT molecular complexity index is 1280. The molecule has 1 aliphatic rings. The molecule has 1 unspecified atom stereocenters. The molecule has 3 aromatic rings. The van der Waals surface area contributed by atoms with Crippen molar-refractivity contribution in [2.75, 3.05) is 11.5 Å². The van der Waals surface area contributed by atoms with Crippen molar-refractivity contribution >= 4 is 35.2 Å².